The maximum Gasteiger partial charge on any atom is 0.255 e. The van der Waals surface area contributed by atoms with Gasteiger partial charge in [0.15, 0.2) is 5.76 Å². The first kappa shape index (κ1) is 19.8. The van der Waals surface area contributed by atoms with Gasteiger partial charge in [0.2, 0.25) is 5.89 Å². The lowest BCUT2D eigenvalue weighted by molar-refractivity contribution is 0.0725. The summed E-state index contributed by atoms with van der Waals surface area (Å²) >= 11 is 12.2. The van der Waals surface area contributed by atoms with Crippen LogP contribution >= 0.6 is 23.2 Å². The molecule has 0 bridgehead atoms. The molecule has 1 N–H and O–H groups in total. The third-order valence-corrected chi connectivity index (χ3v) is 5.42. The van der Waals surface area contributed by atoms with Crippen LogP contribution in [-0.2, 0) is 6.54 Å². The summed E-state index contributed by atoms with van der Waals surface area (Å²) in [5.74, 6) is 1.17. The number of nitrogens with zero attached hydrogens (tertiary/aromatic N) is 2. The number of likely N-dealkylation sites (tertiary alicyclic amines) is 1. The SMILES string of the molecule is O=C(c1ccc(Cl)cc1NCc1ncc(-c2cccc(Cl)c2)o1)N1CCCCC1. The Morgan fingerprint density at radius 1 is 1.07 bits per heavy atom. The van der Waals surface area contributed by atoms with Gasteiger partial charge < -0.3 is 14.6 Å². The molecule has 1 aliphatic rings. The van der Waals surface area contributed by atoms with Gasteiger partial charge in [-0.2, -0.15) is 0 Å². The average Bonchev–Trinajstić information content (AvgIpc) is 3.22. The number of halogens is 2. The van der Waals surface area contributed by atoms with Gasteiger partial charge in [0, 0.05) is 34.4 Å². The number of nitrogens with one attached hydrogen (secondary N) is 1. The molecule has 7 heteroatoms. The van der Waals surface area contributed by atoms with E-state index in [9.17, 15) is 4.79 Å². The fourth-order valence-corrected chi connectivity index (χ4v) is 3.82. The van der Waals surface area contributed by atoms with E-state index < -0.39 is 0 Å². The molecule has 1 fully saturated rings. The molecule has 0 unspecified atom stereocenters. The Morgan fingerprint density at radius 3 is 2.66 bits per heavy atom. The summed E-state index contributed by atoms with van der Waals surface area (Å²) in [7, 11) is 0. The van der Waals surface area contributed by atoms with Crippen LogP contribution in [0, 0.1) is 0 Å². The van der Waals surface area contributed by atoms with Crippen molar-refractivity contribution < 1.29 is 9.21 Å². The topological polar surface area (TPSA) is 58.4 Å². The van der Waals surface area contributed by atoms with Gasteiger partial charge in [-0.15, -0.1) is 0 Å². The molecule has 0 saturated carbocycles. The van der Waals surface area contributed by atoms with Crippen molar-refractivity contribution in [2.75, 3.05) is 18.4 Å². The molecule has 3 aromatic rings. The van der Waals surface area contributed by atoms with Crippen molar-refractivity contribution in [3.63, 3.8) is 0 Å². The quantitative estimate of drug-likeness (QED) is 0.549. The van der Waals surface area contributed by atoms with Crippen molar-refractivity contribution in [3.8, 4) is 11.3 Å². The van der Waals surface area contributed by atoms with Gasteiger partial charge in [-0.1, -0.05) is 35.3 Å². The minimum atomic E-state index is 0.0240. The van der Waals surface area contributed by atoms with Gasteiger partial charge in [-0.25, -0.2) is 4.98 Å². The molecule has 2 heterocycles. The summed E-state index contributed by atoms with van der Waals surface area (Å²) in [5.41, 5.74) is 2.15. The van der Waals surface area contributed by atoms with E-state index in [4.69, 9.17) is 27.6 Å². The first-order chi connectivity index (χ1) is 14.1. The van der Waals surface area contributed by atoms with E-state index in [1.807, 2.05) is 29.2 Å². The smallest absolute Gasteiger partial charge is 0.255 e. The van der Waals surface area contributed by atoms with Gasteiger partial charge in [0.25, 0.3) is 5.91 Å². The molecule has 0 atom stereocenters. The highest BCUT2D eigenvalue weighted by molar-refractivity contribution is 6.31. The van der Waals surface area contributed by atoms with Gasteiger partial charge >= 0.3 is 0 Å². The van der Waals surface area contributed by atoms with Gasteiger partial charge in [-0.05, 0) is 49.6 Å². The van der Waals surface area contributed by atoms with Crippen LogP contribution in [0.3, 0.4) is 0 Å². The Balaban J connectivity index is 1.50. The van der Waals surface area contributed by atoms with Crippen molar-refractivity contribution in [1.29, 1.82) is 0 Å². The number of carbonyl (C=O) groups excluding carboxylic acids is 1. The third-order valence-electron chi connectivity index (χ3n) is 4.95. The number of carbonyl (C=O) groups is 1. The van der Waals surface area contributed by atoms with Crippen LogP contribution in [0.2, 0.25) is 10.0 Å². The Labute approximate surface area is 179 Å². The highest BCUT2D eigenvalue weighted by atomic mass is 35.5. The predicted molar refractivity (Wildman–Crippen MR) is 115 cm³/mol. The maximum absolute atomic E-state index is 13.0. The predicted octanol–water partition coefficient (Wildman–Crippen LogP) is 5.89. The fourth-order valence-electron chi connectivity index (χ4n) is 3.45. The second-order valence-corrected chi connectivity index (χ2v) is 7.90. The lowest BCUT2D eigenvalue weighted by Crippen LogP contribution is -2.36. The summed E-state index contributed by atoms with van der Waals surface area (Å²) in [6.07, 6.45) is 4.93. The number of amides is 1. The molecule has 5 nitrogen and oxygen atoms in total. The van der Waals surface area contributed by atoms with Crippen LogP contribution in [0.25, 0.3) is 11.3 Å². The van der Waals surface area contributed by atoms with Crippen molar-refractivity contribution in [3.05, 3.63) is 70.2 Å². The molecular weight excluding hydrogens is 409 g/mol. The normalized spacial score (nSPS) is 14.1. The van der Waals surface area contributed by atoms with Gasteiger partial charge in [0.05, 0.1) is 18.3 Å². The van der Waals surface area contributed by atoms with Crippen molar-refractivity contribution >= 4 is 34.8 Å². The average molecular weight is 430 g/mol. The van der Waals surface area contributed by atoms with Crippen LogP contribution in [0.4, 0.5) is 5.69 Å². The Bertz CT molecular complexity index is 1010. The van der Waals surface area contributed by atoms with Crippen LogP contribution in [-0.4, -0.2) is 28.9 Å². The fraction of sp³-hybridized carbons (Fsp3) is 0.273. The third kappa shape index (κ3) is 4.74. The molecule has 0 aliphatic carbocycles. The summed E-state index contributed by atoms with van der Waals surface area (Å²) in [6, 6.07) is 12.7. The molecule has 1 aromatic heterocycles. The zero-order chi connectivity index (χ0) is 20.2. The lowest BCUT2D eigenvalue weighted by atomic mass is 10.1. The van der Waals surface area contributed by atoms with Crippen molar-refractivity contribution in [2.24, 2.45) is 0 Å². The molecule has 150 valence electrons. The van der Waals surface area contributed by atoms with E-state index in [0.717, 1.165) is 31.5 Å². The Hall–Kier alpha value is -2.50. The zero-order valence-corrected chi connectivity index (χ0v) is 17.3. The number of benzene rings is 2. The van der Waals surface area contributed by atoms with E-state index >= 15 is 0 Å². The van der Waals surface area contributed by atoms with Crippen LogP contribution in [0.5, 0.6) is 0 Å². The standard InChI is InChI=1S/C22H21Cl2N3O2/c23-16-6-4-5-15(11-16)20-13-26-21(29-20)14-25-19-12-17(24)7-8-18(19)22(28)27-9-2-1-3-10-27/h4-8,11-13,25H,1-3,9-10,14H2. The summed E-state index contributed by atoms with van der Waals surface area (Å²) in [4.78, 5) is 19.2. The highest BCUT2D eigenvalue weighted by Crippen LogP contribution is 2.26. The number of aromatic nitrogens is 1. The van der Waals surface area contributed by atoms with Crippen LogP contribution in [0.15, 0.2) is 53.1 Å². The zero-order valence-electron chi connectivity index (χ0n) is 15.8. The second kappa shape index (κ2) is 8.89. The minimum absolute atomic E-state index is 0.0240. The van der Waals surface area contributed by atoms with E-state index in [1.165, 1.54) is 6.42 Å². The Morgan fingerprint density at radius 2 is 1.86 bits per heavy atom. The van der Waals surface area contributed by atoms with Crippen molar-refractivity contribution in [2.45, 2.75) is 25.8 Å². The molecular formula is C22H21Cl2N3O2. The molecule has 1 saturated heterocycles. The number of piperidine rings is 1. The lowest BCUT2D eigenvalue weighted by Gasteiger charge is -2.27. The summed E-state index contributed by atoms with van der Waals surface area (Å²) in [6.45, 7) is 1.93. The summed E-state index contributed by atoms with van der Waals surface area (Å²) in [5, 5.41) is 4.45. The number of hydrogen-bond acceptors (Lipinski definition) is 4. The van der Waals surface area contributed by atoms with Gasteiger partial charge in [-0.3, -0.25) is 4.79 Å². The monoisotopic (exact) mass is 429 g/mol. The number of rotatable bonds is 5. The van der Waals surface area contributed by atoms with Crippen molar-refractivity contribution in [1.82, 2.24) is 9.88 Å². The minimum Gasteiger partial charge on any atom is -0.439 e. The van der Waals surface area contributed by atoms with Crippen LogP contribution in [0.1, 0.15) is 35.5 Å². The molecule has 2 aromatic carbocycles. The first-order valence-electron chi connectivity index (χ1n) is 9.63. The van der Waals surface area contributed by atoms with Crippen LogP contribution < -0.4 is 5.32 Å². The van der Waals surface area contributed by atoms with Gasteiger partial charge in [0.1, 0.15) is 0 Å². The molecule has 1 aliphatic heterocycles. The number of oxazole rings is 1. The summed E-state index contributed by atoms with van der Waals surface area (Å²) < 4.78 is 5.83. The maximum atomic E-state index is 13.0. The van der Waals surface area contributed by atoms with E-state index in [0.29, 0.717) is 39.5 Å². The second-order valence-electron chi connectivity index (χ2n) is 7.02. The molecule has 4 rings (SSSR count). The molecule has 0 spiro atoms. The molecule has 1 amide bonds. The van der Waals surface area contributed by atoms with E-state index in [-0.39, 0.29) is 5.91 Å². The number of anilines is 1. The number of hydrogen-bond donors (Lipinski definition) is 1. The molecule has 29 heavy (non-hydrogen) atoms. The largest absolute Gasteiger partial charge is 0.439 e. The van der Waals surface area contributed by atoms with E-state index in [1.54, 1.807) is 24.4 Å². The Kier molecular flexibility index (Phi) is 6.07. The first-order valence-corrected chi connectivity index (χ1v) is 10.4. The highest BCUT2D eigenvalue weighted by Gasteiger charge is 2.21. The van der Waals surface area contributed by atoms with E-state index in [2.05, 4.69) is 10.3 Å². The molecule has 0 radical (unpaired) electrons.